The van der Waals surface area contributed by atoms with E-state index in [0.717, 1.165) is 11.3 Å². The van der Waals surface area contributed by atoms with Crippen LogP contribution in [0, 0.1) is 18.3 Å². The average Bonchev–Trinajstić information content (AvgIpc) is 2.64. The number of nitrogens with zero attached hydrogens (tertiary/aromatic N) is 1. The lowest BCUT2D eigenvalue weighted by Crippen LogP contribution is -2.32. The third-order valence-corrected chi connectivity index (χ3v) is 3.41. The Balaban J connectivity index is 1.75. The summed E-state index contributed by atoms with van der Waals surface area (Å²) in [5, 5.41) is 11.7. The van der Waals surface area contributed by atoms with Crippen LogP contribution in [0.2, 0.25) is 0 Å². The lowest BCUT2D eigenvalue weighted by Gasteiger charge is -2.12. The third-order valence-electron chi connectivity index (χ3n) is 3.41. The van der Waals surface area contributed by atoms with Crippen molar-refractivity contribution in [1.82, 2.24) is 5.32 Å². The standard InChI is InChI=1S/C20H22N2O4/c1-3-24-19-12-16(13-21)7-8-18(19)26-14-20(23)22-9-10-25-17-6-4-5-15(2)11-17/h4-8,11-12H,3,9-10,14H2,1-2H3,(H,22,23). The van der Waals surface area contributed by atoms with Gasteiger partial charge in [0.05, 0.1) is 24.8 Å². The van der Waals surface area contributed by atoms with E-state index in [9.17, 15) is 4.79 Å². The van der Waals surface area contributed by atoms with Gasteiger partial charge in [-0.05, 0) is 43.7 Å². The molecule has 0 heterocycles. The van der Waals surface area contributed by atoms with E-state index in [-0.39, 0.29) is 12.5 Å². The normalized spacial score (nSPS) is 9.88. The lowest BCUT2D eigenvalue weighted by atomic mass is 10.2. The molecule has 26 heavy (non-hydrogen) atoms. The van der Waals surface area contributed by atoms with Gasteiger partial charge in [0, 0.05) is 6.07 Å². The Hall–Kier alpha value is -3.20. The van der Waals surface area contributed by atoms with Crippen LogP contribution in [0.3, 0.4) is 0 Å². The molecular weight excluding hydrogens is 332 g/mol. The molecule has 2 rings (SSSR count). The molecule has 2 aromatic rings. The van der Waals surface area contributed by atoms with Crippen LogP contribution in [0.1, 0.15) is 18.1 Å². The fourth-order valence-electron chi connectivity index (χ4n) is 2.22. The zero-order chi connectivity index (χ0) is 18.8. The van der Waals surface area contributed by atoms with Crippen LogP contribution in [0.4, 0.5) is 0 Å². The van der Waals surface area contributed by atoms with Crippen molar-refractivity contribution in [3.8, 4) is 23.3 Å². The third kappa shape index (κ3) is 6.02. The minimum Gasteiger partial charge on any atom is -0.492 e. The van der Waals surface area contributed by atoms with Crippen molar-refractivity contribution in [2.24, 2.45) is 0 Å². The van der Waals surface area contributed by atoms with E-state index in [2.05, 4.69) is 5.32 Å². The number of hydrogen-bond donors (Lipinski definition) is 1. The highest BCUT2D eigenvalue weighted by Gasteiger charge is 2.09. The zero-order valence-corrected chi connectivity index (χ0v) is 15.0. The maximum atomic E-state index is 11.9. The topological polar surface area (TPSA) is 80.6 Å². The van der Waals surface area contributed by atoms with E-state index in [4.69, 9.17) is 19.5 Å². The Labute approximate surface area is 153 Å². The summed E-state index contributed by atoms with van der Waals surface area (Å²) < 4.78 is 16.5. The number of amides is 1. The predicted molar refractivity (Wildman–Crippen MR) is 97.5 cm³/mol. The molecule has 2 aromatic carbocycles. The second kappa shape index (κ2) is 9.94. The van der Waals surface area contributed by atoms with Gasteiger partial charge >= 0.3 is 0 Å². The molecule has 0 bridgehead atoms. The molecule has 1 amide bonds. The molecule has 136 valence electrons. The van der Waals surface area contributed by atoms with Gasteiger partial charge in [-0.1, -0.05) is 12.1 Å². The number of rotatable bonds is 9. The number of benzene rings is 2. The minimum absolute atomic E-state index is 0.142. The molecule has 0 aliphatic rings. The van der Waals surface area contributed by atoms with Gasteiger partial charge in [0.25, 0.3) is 5.91 Å². The van der Waals surface area contributed by atoms with Crippen LogP contribution in [-0.4, -0.2) is 32.3 Å². The number of ether oxygens (including phenoxy) is 3. The minimum atomic E-state index is -0.260. The van der Waals surface area contributed by atoms with E-state index in [1.54, 1.807) is 18.2 Å². The summed E-state index contributed by atoms with van der Waals surface area (Å²) in [6.45, 7) is 4.87. The SMILES string of the molecule is CCOc1cc(C#N)ccc1OCC(=O)NCCOc1cccc(C)c1. The first-order chi connectivity index (χ1) is 12.6. The van der Waals surface area contributed by atoms with E-state index < -0.39 is 0 Å². The van der Waals surface area contributed by atoms with Gasteiger partial charge in [-0.25, -0.2) is 0 Å². The van der Waals surface area contributed by atoms with Crippen LogP contribution in [-0.2, 0) is 4.79 Å². The summed E-state index contributed by atoms with van der Waals surface area (Å²) in [7, 11) is 0. The van der Waals surface area contributed by atoms with Gasteiger partial charge in [0.1, 0.15) is 12.4 Å². The molecule has 0 aromatic heterocycles. The molecule has 0 aliphatic carbocycles. The highest BCUT2D eigenvalue weighted by molar-refractivity contribution is 5.77. The average molecular weight is 354 g/mol. The fourth-order valence-corrected chi connectivity index (χ4v) is 2.22. The lowest BCUT2D eigenvalue weighted by molar-refractivity contribution is -0.123. The van der Waals surface area contributed by atoms with Gasteiger partial charge in [0.15, 0.2) is 18.1 Å². The summed E-state index contributed by atoms with van der Waals surface area (Å²) in [6.07, 6.45) is 0. The van der Waals surface area contributed by atoms with E-state index in [1.165, 1.54) is 0 Å². The van der Waals surface area contributed by atoms with Crippen molar-refractivity contribution in [1.29, 1.82) is 5.26 Å². The van der Waals surface area contributed by atoms with Crippen molar-refractivity contribution < 1.29 is 19.0 Å². The Morgan fingerprint density at radius 1 is 1.12 bits per heavy atom. The van der Waals surface area contributed by atoms with Gasteiger partial charge in [-0.15, -0.1) is 0 Å². The first-order valence-corrected chi connectivity index (χ1v) is 8.38. The fraction of sp³-hybridized carbons (Fsp3) is 0.300. The van der Waals surface area contributed by atoms with Crippen molar-refractivity contribution in [2.45, 2.75) is 13.8 Å². The molecule has 0 saturated carbocycles. The largest absolute Gasteiger partial charge is 0.492 e. The quantitative estimate of drug-likeness (QED) is 0.701. The van der Waals surface area contributed by atoms with Gasteiger partial charge < -0.3 is 19.5 Å². The second-order valence-electron chi connectivity index (χ2n) is 5.51. The molecule has 0 fully saturated rings. The molecule has 0 unspecified atom stereocenters. The monoisotopic (exact) mass is 354 g/mol. The second-order valence-corrected chi connectivity index (χ2v) is 5.51. The Kier molecular flexibility index (Phi) is 7.31. The van der Waals surface area contributed by atoms with E-state index >= 15 is 0 Å². The molecule has 0 radical (unpaired) electrons. The van der Waals surface area contributed by atoms with E-state index in [1.807, 2.05) is 44.2 Å². The molecule has 6 nitrogen and oxygen atoms in total. The van der Waals surface area contributed by atoms with Crippen molar-refractivity contribution in [2.75, 3.05) is 26.4 Å². The van der Waals surface area contributed by atoms with Crippen LogP contribution < -0.4 is 19.5 Å². The Morgan fingerprint density at radius 3 is 2.69 bits per heavy atom. The smallest absolute Gasteiger partial charge is 0.258 e. The molecular formula is C20H22N2O4. The molecule has 0 aliphatic heterocycles. The Bertz CT molecular complexity index is 784. The summed E-state index contributed by atoms with van der Waals surface area (Å²) in [4.78, 5) is 11.9. The van der Waals surface area contributed by atoms with Gasteiger partial charge in [-0.3, -0.25) is 4.79 Å². The van der Waals surface area contributed by atoms with Gasteiger partial charge in [0.2, 0.25) is 0 Å². The summed E-state index contributed by atoms with van der Waals surface area (Å²) in [6, 6.07) is 14.6. The number of nitrogens with one attached hydrogen (secondary N) is 1. The van der Waals surface area contributed by atoms with Gasteiger partial charge in [-0.2, -0.15) is 5.26 Å². The summed E-state index contributed by atoms with van der Waals surface area (Å²) in [5.41, 5.74) is 1.59. The van der Waals surface area contributed by atoms with E-state index in [0.29, 0.717) is 36.8 Å². The first kappa shape index (κ1) is 19.1. The summed E-state index contributed by atoms with van der Waals surface area (Å²) in [5.74, 6) is 1.39. The number of hydrogen-bond acceptors (Lipinski definition) is 5. The molecule has 0 spiro atoms. The van der Waals surface area contributed by atoms with Crippen LogP contribution in [0.25, 0.3) is 0 Å². The predicted octanol–water partition coefficient (Wildman–Crippen LogP) is 2.84. The van der Waals surface area contributed by atoms with Crippen molar-refractivity contribution in [3.05, 3.63) is 53.6 Å². The molecule has 0 saturated heterocycles. The number of nitriles is 1. The molecule has 6 heteroatoms. The van der Waals surface area contributed by atoms with Crippen LogP contribution in [0.5, 0.6) is 17.2 Å². The van der Waals surface area contributed by atoms with Crippen LogP contribution in [0.15, 0.2) is 42.5 Å². The van der Waals surface area contributed by atoms with Crippen molar-refractivity contribution >= 4 is 5.91 Å². The zero-order valence-electron chi connectivity index (χ0n) is 15.0. The maximum absolute atomic E-state index is 11.9. The molecule has 0 atom stereocenters. The highest BCUT2D eigenvalue weighted by Crippen LogP contribution is 2.28. The van der Waals surface area contributed by atoms with Crippen LogP contribution >= 0.6 is 0 Å². The first-order valence-electron chi connectivity index (χ1n) is 8.38. The summed E-state index contributed by atoms with van der Waals surface area (Å²) >= 11 is 0. The number of carbonyl (C=O) groups is 1. The maximum Gasteiger partial charge on any atom is 0.258 e. The highest BCUT2D eigenvalue weighted by atomic mass is 16.5. The molecule has 1 N–H and O–H groups in total. The van der Waals surface area contributed by atoms with Crippen molar-refractivity contribution in [3.63, 3.8) is 0 Å². The number of aryl methyl sites for hydroxylation is 1. The number of carbonyl (C=O) groups excluding carboxylic acids is 1. The Morgan fingerprint density at radius 2 is 1.96 bits per heavy atom.